The van der Waals surface area contributed by atoms with Crippen molar-refractivity contribution >= 4 is 40.8 Å². The number of anilines is 1. The van der Waals surface area contributed by atoms with E-state index in [9.17, 15) is 19.7 Å². The highest BCUT2D eigenvalue weighted by Crippen LogP contribution is 2.29. The zero-order valence-corrected chi connectivity index (χ0v) is 18.0. The molecule has 0 bridgehead atoms. The van der Waals surface area contributed by atoms with Gasteiger partial charge in [-0.3, -0.25) is 19.7 Å². The molecule has 31 heavy (non-hydrogen) atoms. The Morgan fingerprint density at radius 2 is 1.97 bits per heavy atom. The van der Waals surface area contributed by atoms with Crippen molar-refractivity contribution in [3.63, 3.8) is 0 Å². The van der Waals surface area contributed by atoms with E-state index in [4.69, 9.17) is 4.74 Å². The molecule has 0 saturated carbocycles. The van der Waals surface area contributed by atoms with Crippen LogP contribution in [0, 0.1) is 10.1 Å². The van der Waals surface area contributed by atoms with Crippen LogP contribution in [0.3, 0.4) is 0 Å². The predicted molar refractivity (Wildman–Crippen MR) is 120 cm³/mol. The third-order valence-corrected chi connectivity index (χ3v) is 5.83. The molecule has 3 aromatic rings. The summed E-state index contributed by atoms with van der Waals surface area (Å²) < 4.78 is 5.13. The number of nitrogens with zero attached hydrogens (tertiary/aromatic N) is 2. The minimum absolute atomic E-state index is 0.0515. The smallest absolute Gasteiger partial charge is 0.271 e. The number of carbonyl (C=O) groups excluding carboxylic acids is 1. The van der Waals surface area contributed by atoms with Crippen molar-refractivity contribution in [2.45, 2.75) is 15.8 Å². The average molecular weight is 459 g/mol. The largest absolute Gasteiger partial charge is 0.495 e. The molecular weight excluding hydrogens is 440 g/mol. The highest BCUT2D eigenvalue weighted by Gasteiger charge is 2.14. The number of nitro groups is 1. The van der Waals surface area contributed by atoms with Gasteiger partial charge in [0.2, 0.25) is 5.91 Å². The van der Waals surface area contributed by atoms with E-state index in [-0.39, 0.29) is 22.7 Å². The molecule has 1 aromatic heterocycles. The van der Waals surface area contributed by atoms with Gasteiger partial charge in [-0.25, -0.2) is 4.98 Å². The van der Waals surface area contributed by atoms with Crippen molar-refractivity contribution in [2.24, 2.45) is 0 Å². The van der Waals surface area contributed by atoms with Crippen LogP contribution in [-0.2, 0) is 10.5 Å². The number of benzene rings is 2. The van der Waals surface area contributed by atoms with Crippen LogP contribution in [0.4, 0.5) is 11.4 Å². The number of aromatic amines is 1. The van der Waals surface area contributed by atoms with Crippen molar-refractivity contribution in [1.82, 2.24) is 9.97 Å². The lowest BCUT2D eigenvalue weighted by Gasteiger charge is -2.10. The summed E-state index contributed by atoms with van der Waals surface area (Å²) in [4.78, 5) is 42.7. The lowest BCUT2D eigenvalue weighted by Crippen LogP contribution is -2.16. The molecule has 11 heteroatoms. The number of methoxy groups -OCH3 is 1. The van der Waals surface area contributed by atoms with Crippen LogP contribution >= 0.6 is 23.5 Å². The maximum absolute atomic E-state index is 12.3. The number of hydrogen-bond acceptors (Lipinski definition) is 8. The molecule has 0 aliphatic carbocycles. The van der Waals surface area contributed by atoms with Gasteiger partial charge in [0.15, 0.2) is 5.16 Å². The van der Waals surface area contributed by atoms with Gasteiger partial charge in [0.1, 0.15) is 5.75 Å². The second-order valence-electron chi connectivity index (χ2n) is 6.12. The van der Waals surface area contributed by atoms with E-state index >= 15 is 0 Å². The number of amides is 1. The van der Waals surface area contributed by atoms with Gasteiger partial charge in [-0.05, 0) is 18.2 Å². The standard InChI is InChI=1S/C20H18N4O5S2/c1-29-17-8-7-14(24(27)28)10-16(17)22-19(26)12-31-20-21-13(9-18(25)23-20)11-30-15-5-3-2-4-6-15/h2-10H,11-12H2,1H3,(H,22,26)(H,21,23,25). The lowest BCUT2D eigenvalue weighted by atomic mass is 10.2. The third kappa shape index (κ3) is 6.59. The number of non-ortho nitro benzene ring substituents is 1. The van der Waals surface area contributed by atoms with E-state index in [1.807, 2.05) is 30.3 Å². The quantitative estimate of drug-likeness (QED) is 0.215. The Labute approximate surface area is 185 Å². The third-order valence-electron chi connectivity index (χ3n) is 3.91. The van der Waals surface area contributed by atoms with Gasteiger partial charge in [-0.15, -0.1) is 11.8 Å². The Bertz CT molecular complexity index is 1140. The van der Waals surface area contributed by atoms with Gasteiger partial charge in [-0.2, -0.15) is 0 Å². The second kappa shape index (κ2) is 10.6. The van der Waals surface area contributed by atoms with Crippen LogP contribution in [-0.4, -0.2) is 33.7 Å². The molecule has 0 unspecified atom stereocenters. The monoisotopic (exact) mass is 458 g/mol. The number of hydrogen-bond donors (Lipinski definition) is 2. The highest BCUT2D eigenvalue weighted by molar-refractivity contribution is 7.99. The molecule has 1 amide bonds. The predicted octanol–water partition coefficient (Wildman–Crippen LogP) is 3.71. The molecule has 0 aliphatic rings. The number of aromatic nitrogens is 2. The van der Waals surface area contributed by atoms with Crippen LogP contribution in [0.1, 0.15) is 5.69 Å². The Hall–Kier alpha value is -3.31. The maximum Gasteiger partial charge on any atom is 0.271 e. The topological polar surface area (TPSA) is 127 Å². The number of nitro benzene ring substituents is 1. The van der Waals surface area contributed by atoms with Gasteiger partial charge >= 0.3 is 0 Å². The van der Waals surface area contributed by atoms with E-state index in [1.165, 1.54) is 31.4 Å². The first-order valence-electron chi connectivity index (χ1n) is 8.98. The molecule has 0 atom stereocenters. The molecule has 1 heterocycles. The summed E-state index contributed by atoms with van der Waals surface area (Å²) >= 11 is 2.61. The summed E-state index contributed by atoms with van der Waals surface area (Å²) in [5.74, 6) is 0.341. The fourth-order valence-corrected chi connectivity index (χ4v) is 4.03. The molecule has 9 nitrogen and oxygen atoms in total. The number of nitrogens with one attached hydrogen (secondary N) is 2. The molecule has 0 saturated heterocycles. The van der Waals surface area contributed by atoms with Crippen molar-refractivity contribution < 1.29 is 14.5 Å². The normalized spacial score (nSPS) is 10.5. The summed E-state index contributed by atoms with van der Waals surface area (Å²) in [6.07, 6.45) is 0. The first-order valence-corrected chi connectivity index (χ1v) is 10.9. The summed E-state index contributed by atoms with van der Waals surface area (Å²) in [5.41, 5.74) is 0.318. The van der Waals surface area contributed by atoms with E-state index in [0.717, 1.165) is 16.7 Å². The molecule has 0 spiro atoms. The molecule has 2 N–H and O–H groups in total. The molecule has 2 aromatic carbocycles. The minimum Gasteiger partial charge on any atom is -0.495 e. The van der Waals surface area contributed by atoms with Crippen LogP contribution in [0.2, 0.25) is 0 Å². The van der Waals surface area contributed by atoms with E-state index in [1.54, 1.807) is 11.8 Å². The Morgan fingerprint density at radius 3 is 2.68 bits per heavy atom. The summed E-state index contributed by atoms with van der Waals surface area (Å²) in [5, 5.41) is 13.9. The fourth-order valence-electron chi connectivity index (χ4n) is 2.53. The van der Waals surface area contributed by atoms with Crippen molar-refractivity contribution in [3.05, 3.63) is 80.8 Å². The molecule has 160 valence electrons. The van der Waals surface area contributed by atoms with Crippen LogP contribution in [0.5, 0.6) is 5.75 Å². The lowest BCUT2D eigenvalue weighted by molar-refractivity contribution is -0.384. The average Bonchev–Trinajstić information content (AvgIpc) is 2.76. The highest BCUT2D eigenvalue weighted by atomic mass is 32.2. The number of rotatable bonds is 9. The van der Waals surface area contributed by atoms with Gasteiger partial charge in [-0.1, -0.05) is 30.0 Å². The Morgan fingerprint density at radius 1 is 1.19 bits per heavy atom. The number of ether oxygens (including phenoxy) is 1. The number of thioether (sulfide) groups is 2. The van der Waals surface area contributed by atoms with Crippen molar-refractivity contribution in [3.8, 4) is 5.75 Å². The number of carbonyl (C=O) groups is 1. The number of H-pyrrole nitrogens is 1. The fraction of sp³-hybridized carbons (Fsp3) is 0.150. The Balaban J connectivity index is 1.62. The molecule has 3 rings (SSSR count). The van der Waals surface area contributed by atoms with Gasteiger partial charge in [0.05, 0.1) is 29.2 Å². The molecular formula is C20H18N4O5S2. The van der Waals surface area contributed by atoms with Crippen LogP contribution < -0.4 is 15.6 Å². The second-order valence-corrected chi connectivity index (χ2v) is 8.13. The molecule has 0 radical (unpaired) electrons. The van der Waals surface area contributed by atoms with Crippen LogP contribution in [0.25, 0.3) is 0 Å². The Kier molecular flexibility index (Phi) is 7.68. The SMILES string of the molecule is COc1ccc([N+](=O)[O-])cc1NC(=O)CSc1nc(CSc2ccccc2)cc(=O)[nH]1. The maximum atomic E-state index is 12.3. The first kappa shape index (κ1) is 22.4. The van der Waals surface area contributed by atoms with E-state index in [0.29, 0.717) is 22.4 Å². The summed E-state index contributed by atoms with van der Waals surface area (Å²) in [6.45, 7) is 0. The summed E-state index contributed by atoms with van der Waals surface area (Å²) in [7, 11) is 1.40. The van der Waals surface area contributed by atoms with Crippen molar-refractivity contribution in [1.29, 1.82) is 0 Å². The first-order chi connectivity index (χ1) is 14.9. The van der Waals surface area contributed by atoms with Crippen LogP contribution in [0.15, 0.2) is 69.4 Å². The molecule has 0 aliphatic heterocycles. The summed E-state index contributed by atoms with van der Waals surface area (Å²) in [6, 6.07) is 15.1. The zero-order chi connectivity index (χ0) is 22.2. The van der Waals surface area contributed by atoms with Gasteiger partial charge in [0.25, 0.3) is 11.2 Å². The van der Waals surface area contributed by atoms with E-state index < -0.39 is 10.8 Å². The van der Waals surface area contributed by atoms with Crippen molar-refractivity contribution in [2.75, 3.05) is 18.2 Å². The molecule has 0 fully saturated rings. The minimum atomic E-state index is -0.558. The zero-order valence-electron chi connectivity index (χ0n) is 16.4. The van der Waals surface area contributed by atoms with E-state index in [2.05, 4.69) is 15.3 Å². The van der Waals surface area contributed by atoms with Gasteiger partial charge in [0, 0.05) is 28.8 Å². The van der Waals surface area contributed by atoms with Gasteiger partial charge < -0.3 is 15.0 Å².